The molecule has 2 rings (SSSR count). The molecule has 0 fully saturated rings. The van der Waals surface area contributed by atoms with Gasteiger partial charge in [0.05, 0.1) is 10.5 Å². The number of sulfonamides is 1. The van der Waals surface area contributed by atoms with Crippen LogP contribution in [0.2, 0.25) is 0 Å². The van der Waals surface area contributed by atoms with Gasteiger partial charge in [0.25, 0.3) is 10.0 Å². The van der Waals surface area contributed by atoms with E-state index in [0.717, 1.165) is 11.1 Å². The van der Waals surface area contributed by atoms with Crippen LogP contribution >= 0.6 is 0 Å². The van der Waals surface area contributed by atoms with Crippen LogP contribution in [0.3, 0.4) is 0 Å². The van der Waals surface area contributed by atoms with Crippen molar-refractivity contribution in [1.82, 2.24) is 4.90 Å². The highest BCUT2D eigenvalue weighted by molar-refractivity contribution is 7.90. The summed E-state index contributed by atoms with van der Waals surface area (Å²) < 4.78 is 28.0. The Morgan fingerprint density at radius 3 is 2.28 bits per heavy atom. The normalized spacial score (nSPS) is 11.6. The highest BCUT2D eigenvalue weighted by atomic mass is 32.2. The molecule has 7 heteroatoms. The van der Waals surface area contributed by atoms with Crippen molar-refractivity contribution in [2.75, 3.05) is 14.1 Å². The zero-order valence-electron chi connectivity index (χ0n) is 14.1. The Bertz CT molecular complexity index is 889. The van der Waals surface area contributed by atoms with Gasteiger partial charge in [0.15, 0.2) is 0 Å². The average molecular weight is 360 g/mol. The molecule has 0 spiro atoms. The number of aryl methyl sites for hydroxylation is 2. The number of carbonyl (C=O) groups is 1. The molecular weight excluding hydrogens is 340 g/mol. The minimum atomic E-state index is -3.73. The van der Waals surface area contributed by atoms with E-state index < -0.39 is 16.0 Å². The molecule has 0 atom stereocenters. The molecule has 0 heterocycles. The second-order valence-corrected chi connectivity index (χ2v) is 7.44. The summed E-state index contributed by atoms with van der Waals surface area (Å²) in [5.74, 6) is -0.964. The largest absolute Gasteiger partial charge is 0.478 e. The number of benzene rings is 2. The number of rotatable bonds is 7. The van der Waals surface area contributed by atoms with Gasteiger partial charge in [-0.25, -0.2) is 4.79 Å². The topological polar surface area (TPSA) is 87.0 Å². The van der Waals surface area contributed by atoms with Gasteiger partial charge in [-0.2, -0.15) is 8.42 Å². The van der Waals surface area contributed by atoms with E-state index in [-0.39, 0.29) is 10.5 Å². The molecule has 0 aliphatic heterocycles. The van der Waals surface area contributed by atoms with Crippen molar-refractivity contribution in [1.29, 1.82) is 0 Å². The molecule has 0 radical (unpaired) electrons. The first-order valence-corrected chi connectivity index (χ1v) is 9.10. The summed E-state index contributed by atoms with van der Waals surface area (Å²) >= 11 is 0. The standard InChI is InChI=1S/C18H20N2O4S/c1-20(2)13-19-25(23,24)17-8-4-6-15(12-17)10-9-14-5-3-7-16(11-14)18(21)22/h3-8,11-13H,9-10H2,1-2H3,(H,21,22). The van der Waals surface area contributed by atoms with Crippen molar-refractivity contribution in [3.63, 3.8) is 0 Å². The first-order chi connectivity index (χ1) is 11.8. The van der Waals surface area contributed by atoms with Crippen LogP contribution in [0.25, 0.3) is 0 Å². The summed E-state index contributed by atoms with van der Waals surface area (Å²) in [6.45, 7) is 0. The van der Waals surface area contributed by atoms with Crippen LogP contribution in [-0.4, -0.2) is 44.8 Å². The molecule has 132 valence electrons. The van der Waals surface area contributed by atoms with Crippen LogP contribution in [0.5, 0.6) is 0 Å². The predicted octanol–water partition coefficient (Wildman–Crippen LogP) is 2.45. The monoisotopic (exact) mass is 360 g/mol. The van der Waals surface area contributed by atoms with Crippen LogP contribution in [0.1, 0.15) is 21.5 Å². The smallest absolute Gasteiger partial charge is 0.335 e. The highest BCUT2D eigenvalue weighted by Crippen LogP contribution is 2.16. The Morgan fingerprint density at radius 2 is 1.68 bits per heavy atom. The highest BCUT2D eigenvalue weighted by Gasteiger charge is 2.12. The SMILES string of the molecule is CN(C)C=NS(=O)(=O)c1cccc(CCc2cccc(C(=O)O)c2)c1. The maximum atomic E-state index is 12.2. The van der Waals surface area contributed by atoms with E-state index in [9.17, 15) is 13.2 Å². The van der Waals surface area contributed by atoms with E-state index in [0.29, 0.717) is 12.8 Å². The zero-order chi connectivity index (χ0) is 18.4. The van der Waals surface area contributed by atoms with E-state index in [1.54, 1.807) is 49.3 Å². The van der Waals surface area contributed by atoms with Gasteiger partial charge in [-0.15, -0.1) is 4.40 Å². The Kier molecular flexibility index (Phi) is 5.93. The van der Waals surface area contributed by atoms with Gasteiger partial charge in [0.1, 0.15) is 6.34 Å². The summed E-state index contributed by atoms with van der Waals surface area (Å²) in [6, 6.07) is 13.4. The van der Waals surface area contributed by atoms with Crippen molar-refractivity contribution in [2.24, 2.45) is 4.40 Å². The number of carboxylic acids is 1. The summed E-state index contributed by atoms with van der Waals surface area (Å²) in [6.07, 6.45) is 2.47. The quantitative estimate of drug-likeness (QED) is 0.605. The molecule has 0 unspecified atom stereocenters. The van der Waals surface area contributed by atoms with Crippen LogP contribution < -0.4 is 0 Å². The lowest BCUT2D eigenvalue weighted by Crippen LogP contribution is -2.10. The summed E-state index contributed by atoms with van der Waals surface area (Å²) in [5, 5.41) is 9.03. The molecule has 25 heavy (non-hydrogen) atoms. The third-order valence-corrected chi connectivity index (χ3v) is 4.71. The maximum Gasteiger partial charge on any atom is 0.335 e. The molecule has 0 saturated carbocycles. The number of hydrogen-bond donors (Lipinski definition) is 1. The molecular formula is C18H20N2O4S. The van der Waals surface area contributed by atoms with Gasteiger partial charge in [-0.1, -0.05) is 24.3 Å². The van der Waals surface area contributed by atoms with E-state index in [2.05, 4.69) is 4.40 Å². The van der Waals surface area contributed by atoms with Crippen LogP contribution in [0.4, 0.5) is 0 Å². The first-order valence-electron chi connectivity index (χ1n) is 7.66. The number of nitrogens with zero attached hydrogens (tertiary/aromatic N) is 2. The number of hydrogen-bond acceptors (Lipinski definition) is 3. The van der Waals surface area contributed by atoms with Crippen LogP contribution in [0.15, 0.2) is 57.8 Å². The van der Waals surface area contributed by atoms with Crippen LogP contribution in [0, 0.1) is 0 Å². The van der Waals surface area contributed by atoms with Crippen molar-refractivity contribution in [3.8, 4) is 0 Å². The maximum absolute atomic E-state index is 12.2. The summed E-state index contributed by atoms with van der Waals surface area (Å²) in [5.41, 5.74) is 1.98. The fourth-order valence-corrected chi connectivity index (χ4v) is 3.21. The van der Waals surface area contributed by atoms with E-state index in [4.69, 9.17) is 5.11 Å². The third kappa shape index (κ3) is 5.42. The lowest BCUT2D eigenvalue weighted by Gasteiger charge is -2.06. The second kappa shape index (κ2) is 7.94. The lowest BCUT2D eigenvalue weighted by molar-refractivity contribution is 0.0696. The Morgan fingerprint density at radius 1 is 1.08 bits per heavy atom. The van der Waals surface area contributed by atoms with Crippen LogP contribution in [-0.2, 0) is 22.9 Å². The van der Waals surface area contributed by atoms with Gasteiger partial charge >= 0.3 is 5.97 Å². The van der Waals surface area contributed by atoms with Crippen molar-refractivity contribution < 1.29 is 18.3 Å². The zero-order valence-corrected chi connectivity index (χ0v) is 14.9. The molecule has 0 aliphatic carbocycles. The Labute approximate surface area is 147 Å². The minimum Gasteiger partial charge on any atom is -0.478 e. The number of carboxylic acid groups (broad SMARTS) is 1. The van der Waals surface area contributed by atoms with Crippen molar-refractivity contribution in [2.45, 2.75) is 17.7 Å². The molecule has 0 saturated heterocycles. The minimum absolute atomic E-state index is 0.141. The Hall–Kier alpha value is -2.67. The predicted molar refractivity (Wildman–Crippen MR) is 96.6 cm³/mol. The average Bonchev–Trinajstić information content (AvgIpc) is 2.59. The molecule has 6 nitrogen and oxygen atoms in total. The fraction of sp³-hybridized carbons (Fsp3) is 0.222. The van der Waals surface area contributed by atoms with Gasteiger partial charge < -0.3 is 10.0 Å². The third-order valence-electron chi connectivity index (χ3n) is 3.49. The molecule has 0 bridgehead atoms. The first kappa shape index (κ1) is 18.7. The molecule has 2 aromatic carbocycles. The fourth-order valence-electron chi connectivity index (χ4n) is 2.23. The van der Waals surface area contributed by atoms with E-state index in [1.807, 2.05) is 12.1 Å². The molecule has 0 amide bonds. The summed E-state index contributed by atoms with van der Waals surface area (Å²) in [4.78, 5) is 12.7. The molecule has 0 aliphatic rings. The van der Waals surface area contributed by atoms with E-state index >= 15 is 0 Å². The lowest BCUT2D eigenvalue weighted by atomic mass is 10.0. The van der Waals surface area contributed by atoms with Gasteiger partial charge in [-0.05, 0) is 48.2 Å². The second-order valence-electron chi connectivity index (χ2n) is 5.81. The molecule has 2 aromatic rings. The van der Waals surface area contributed by atoms with Gasteiger partial charge in [0.2, 0.25) is 0 Å². The number of aromatic carboxylic acids is 1. The molecule has 0 aromatic heterocycles. The van der Waals surface area contributed by atoms with Crippen molar-refractivity contribution in [3.05, 3.63) is 65.2 Å². The van der Waals surface area contributed by atoms with Crippen molar-refractivity contribution >= 4 is 22.3 Å². The Balaban J connectivity index is 2.14. The van der Waals surface area contributed by atoms with E-state index in [1.165, 1.54) is 12.4 Å². The van der Waals surface area contributed by atoms with Gasteiger partial charge in [0, 0.05) is 14.1 Å². The summed E-state index contributed by atoms with van der Waals surface area (Å²) in [7, 11) is -0.338. The van der Waals surface area contributed by atoms with Gasteiger partial charge in [-0.3, -0.25) is 0 Å². The molecule has 1 N–H and O–H groups in total.